The molecule has 6 unspecified atom stereocenters. The van der Waals surface area contributed by atoms with Crippen molar-refractivity contribution in [2.75, 3.05) is 13.2 Å². The molecule has 3 N–H and O–H groups in total. The minimum atomic E-state index is -1.93. The maximum atomic E-state index is 13.1. The summed E-state index contributed by atoms with van der Waals surface area (Å²) in [6.45, 7) is 5.70. The predicted octanol–water partition coefficient (Wildman–Crippen LogP) is 14.9. The highest BCUT2D eigenvalue weighted by atomic mass is 16.7. The number of aliphatic hydroxyl groups excluding tert-OH is 2. The Morgan fingerprint density at radius 2 is 0.867 bits per heavy atom. The number of aliphatic hydroxyl groups is 2. The lowest BCUT2D eigenvalue weighted by Crippen LogP contribution is -2.61. The van der Waals surface area contributed by atoms with Crippen molar-refractivity contribution in [3.8, 4) is 0 Å². The molecule has 426 valence electrons. The first-order valence-electron chi connectivity index (χ1n) is 29.2. The fourth-order valence-corrected chi connectivity index (χ4v) is 8.21. The standard InChI is InChI=1S/C63H102O12/c1-4-7-10-13-16-19-22-25-27-28-30-32-34-37-40-43-46-49-55(64)71-52-54(73-56(65)50-47-44-41-38-36-33-29-26-23-20-17-14-11-8-5-2)53-72-63-61(59(68)58(67)60(75-63)62(69)70)74-57(66)51-48-45-42-39-35-31-24-21-18-15-12-9-6-3/h7,9-10,12,16,18-19,21,25-27,29,31,35,42,45,54,58-61,63,67-68H,4-6,8,11,13-15,17,20,22-24,28,30,32-34,36-41,43-44,46-53H2,1-3H3,(H,69,70)/b10-7-,12-9-,19-16-,21-18-,27-25-,29-26-,35-31-,45-42-. The minimum Gasteiger partial charge on any atom is -0.479 e. The third kappa shape index (κ3) is 40.6. The number of ether oxygens (including phenoxy) is 5. The summed E-state index contributed by atoms with van der Waals surface area (Å²) in [5, 5.41) is 31.4. The van der Waals surface area contributed by atoms with Crippen molar-refractivity contribution in [1.29, 1.82) is 0 Å². The number of hydrogen-bond acceptors (Lipinski definition) is 11. The molecule has 0 radical (unpaired) electrons. The molecule has 0 aromatic heterocycles. The number of carboxylic acids is 1. The van der Waals surface area contributed by atoms with E-state index in [4.69, 9.17) is 23.7 Å². The number of hydrogen-bond donors (Lipinski definition) is 3. The third-order valence-electron chi connectivity index (χ3n) is 12.6. The maximum Gasteiger partial charge on any atom is 0.335 e. The van der Waals surface area contributed by atoms with E-state index >= 15 is 0 Å². The molecule has 1 aliphatic heterocycles. The van der Waals surface area contributed by atoms with E-state index in [1.807, 2.05) is 18.2 Å². The Labute approximate surface area is 453 Å². The zero-order valence-corrected chi connectivity index (χ0v) is 46.8. The summed E-state index contributed by atoms with van der Waals surface area (Å²) in [5.41, 5.74) is 0. The molecule has 0 bridgehead atoms. The molecule has 1 aliphatic rings. The molecule has 0 aliphatic carbocycles. The van der Waals surface area contributed by atoms with E-state index in [0.717, 1.165) is 116 Å². The van der Waals surface area contributed by atoms with Gasteiger partial charge >= 0.3 is 23.9 Å². The Morgan fingerprint density at radius 1 is 0.453 bits per heavy atom. The van der Waals surface area contributed by atoms with E-state index < -0.39 is 67.3 Å². The van der Waals surface area contributed by atoms with Crippen LogP contribution in [0.15, 0.2) is 97.2 Å². The topological polar surface area (TPSA) is 175 Å². The summed E-state index contributed by atoms with van der Waals surface area (Å²) in [7, 11) is 0. The van der Waals surface area contributed by atoms with Crippen molar-refractivity contribution < 1.29 is 58.2 Å². The van der Waals surface area contributed by atoms with Crippen LogP contribution < -0.4 is 0 Å². The summed E-state index contributed by atoms with van der Waals surface area (Å²) < 4.78 is 28.3. The van der Waals surface area contributed by atoms with Crippen LogP contribution in [-0.2, 0) is 42.9 Å². The number of esters is 3. The van der Waals surface area contributed by atoms with Gasteiger partial charge in [-0.15, -0.1) is 0 Å². The lowest BCUT2D eigenvalue weighted by molar-refractivity contribution is -0.301. The van der Waals surface area contributed by atoms with Crippen molar-refractivity contribution in [1.82, 2.24) is 0 Å². The van der Waals surface area contributed by atoms with Gasteiger partial charge in [-0.25, -0.2) is 4.79 Å². The van der Waals surface area contributed by atoms with Crippen molar-refractivity contribution in [3.63, 3.8) is 0 Å². The first-order chi connectivity index (χ1) is 36.6. The van der Waals surface area contributed by atoms with Gasteiger partial charge in [0, 0.05) is 19.3 Å². The third-order valence-corrected chi connectivity index (χ3v) is 12.6. The number of carbonyl (C=O) groups is 4. The molecule has 0 saturated carbocycles. The first-order valence-corrected chi connectivity index (χ1v) is 29.2. The summed E-state index contributed by atoms with van der Waals surface area (Å²) in [5.74, 6) is -3.26. The Bertz CT molecular complexity index is 1670. The maximum absolute atomic E-state index is 13.1. The molecule has 12 nitrogen and oxygen atoms in total. The number of carbonyl (C=O) groups excluding carboxylic acids is 3. The minimum absolute atomic E-state index is 0.0661. The monoisotopic (exact) mass is 1050 g/mol. The van der Waals surface area contributed by atoms with Gasteiger partial charge in [-0.1, -0.05) is 201 Å². The smallest absolute Gasteiger partial charge is 0.335 e. The van der Waals surface area contributed by atoms with Crippen molar-refractivity contribution >= 4 is 23.9 Å². The van der Waals surface area contributed by atoms with Gasteiger partial charge in [-0.05, 0) is 103 Å². The van der Waals surface area contributed by atoms with Crippen molar-refractivity contribution in [3.05, 3.63) is 97.2 Å². The molecule has 6 atom stereocenters. The summed E-state index contributed by atoms with van der Waals surface area (Å²) in [6, 6.07) is 0. The van der Waals surface area contributed by atoms with E-state index in [2.05, 4.69) is 99.8 Å². The van der Waals surface area contributed by atoms with Crippen LogP contribution in [0.25, 0.3) is 0 Å². The van der Waals surface area contributed by atoms with Crippen molar-refractivity contribution in [2.45, 2.75) is 263 Å². The van der Waals surface area contributed by atoms with E-state index in [0.29, 0.717) is 25.7 Å². The molecule has 0 amide bonds. The van der Waals surface area contributed by atoms with Crippen LogP contribution in [0.3, 0.4) is 0 Å². The molecule has 1 saturated heterocycles. The summed E-state index contributed by atoms with van der Waals surface area (Å²) in [4.78, 5) is 51.1. The summed E-state index contributed by atoms with van der Waals surface area (Å²) in [6.07, 6.45) is 53.9. The molecule has 1 heterocycles. The van der Waals surface area contributed by atoms with Gasteiger partial charge in [-0.2, -0.15) is 0 Å². The van der Waals surface area contributed by atoms with E-state index in [1.165, 1.54) is 44.9 Å². The average molecular weight is 1050 g/mol. The molecular weight excluding hydrogens is 949 g/mol. The summed E-state index contributed by atoms with van der Waals surface area (Å²) >= 11 is 0. The van der Waals surface area contributed by atoms with Gasteiger partial charge in [0.05, 0.1) is 6.61 Å². The fourth-order valence-electron chi connectivity index (χ4n) is 8.21. The van der Waals surface area contributed by atoms with E-state index in [9.17, 15) is 34.5 Å². The van der Waals surface area contributed by atoms with Gasteiger partial charge < -0.3 is 39.0 Å². The van der Waals surface area contributed by atoms with Crippen LogP contribution in [0.2, 0.25) is 0 Å². The van der Waals surface area contributed by atoms with Crippen LogP contribution in [-0.4, -0.2) is 89.2 Å². The molecule has 0 aromatic carbocycles. The van der Waals surface area contributed by atoms with E-state index in [1.54, 1.807) is 0 Å². The predicted molar refractivity (Wildman–Crippen MR) is 303 cm³/mol. The van der Waals surface area contributed by atoms with E-state index in [-0.39, 0.29) is 25.9 Å². The zero-order valence-electron chi connectivity index (χ0n) is 46.8. The quantitative estimate of drug-likeness (QED) is 0.0228. The van der Waals surface area contributed by atoms with Gasteiger partial charge in [-0.3, -0.25) is 14.4 Å². The molecule has 0 aromatic rings. The second-order valence-corrected chi connectivity index (χ2v) is 19.5. The van der Waals surface area contributed by atoms with Crippen LogP contribution in [0.4, 0.5) is 0 Å². The number of unbranched alkanes of at least 4 members (excludes halogenated alkanes) is 18. The highest BCUT2D eigenvalue weighted by Crippen LogP contribution is 2.26. The van der Waals surface area contributed by atoms with Gasteiger partial charge in [0.1, 0.15) is 18.8 Å². The van der Waals surface area contributed by atoms with Gasteiger partial charge in [0.25, 0.3) is 0 Å². The molecule has 1 rings (SSSR count). The molecule has 1 fully saturated rings. The number of carboxylic acid groups (broad SMARTS) is 1. The Morgan fingerprint density at radius 3 is 1.35 bits per heavy atom. The first kappa shape index (κ1) is 68.7. The van der Waals surface area contributed by atoms with Crippen LogP contribution in [0, 0.1) is 0 Å². The Kier molecular flexibility index (Phi) is 46.2. The SMILES string of the molecule is CC/C=C\C/C=C\C/C=C\C/C=C\CCC(=O)OC1C(OCC(COC(=O)CCCCCCCCC/C=C\C/C=C\C/C=C\CC)OC(=O)CCCCCCC/C=C\CCCCCCCC)OC(C(=O)O)C(O)C1O. The molecular formula is C63H102O12. The largest absolute Gasteiger partial charge is 0.479 e. The van der Waals surface area contributed by atoms with Crippen LogP contribution in [0.5, 0.6) is 0 Å². The molecule has 75 heavy (non-hydrogen) atoms. The van der Waals surface area contributed by atoms with Gasteiger partial charge in [0.2, 0.25) is 0 Å². The van der Waals surface area contributed by atoms with Gasteiger partial charge in [0.15, 0.2) is 24.6 Å². The van der Waals surface area contributed by atoms with Crippen molar-refractivity contribution in [2.24, 2.45) is 0 Å². The van der Waals surface area contributed by atoms with Crippen LogP contribution in [0.1, 0.15) is 226 Å². The normalized spacial score (nSPS) is 18.9. The number of aliphatic carboxylic acids is 1. The Balaban J connectivity index is 2.74. The zero-order chi connectivity index (χ0) is 54.7. The molecule has 12 heteroatoms. The second kappa shape index (κ2) is 50.5. The molecule has 0 spiro atoms. The average Bonchev–Trinajstić information content (AvgIpc) is 3.39. The lowest BCUT2D eigenvalue weighted by Gasteiger charge is -2.40. The number of rotatable bonds is 48. The second-order valence-electron chi connectivity index (χ2n) is 19.5. The fraction of sp³-hybridized carbons (Fsp3) is 0.683. The lowest BCUT2D eigenvalue weighted by atomic mass is 9.98. The number of allylic oxidation sites excluding steroid dienone is 16. The Hall–Kier alpha value is -4.36. The highest BCUT2D eigenvalue weighted by Gasteiger charge is 2.50. The van der Waals surface area contributed by atoms with Crippen LogP contribution >= 0.6 is 0 Å². The highest BCUT2D eigenvalue weighted by molar-refractivity contribution is 5.74.